The van der Waals surface area contributed by atoms with E-state index < -0.39 is 5.51 Å². The number of halogens is 4. The number of benzene rings is 1. The van der Waals surface area contributed by atoms with Crippen LogP contribution in [0.25, 0.3) is 0 Å². The molecule has 0 amide bonds. The van der Waals surface area contributed by atoms with Crippen LogP contribution in [-0.2, 0) is 6.42 Å². The van der Waals surface area contributed by atoms with Gasteiger partial charge in [-0.25, -0.2) is 0 Å². The van der Waals surface area contributed by atoms with E-state index in [2.05, 4.69) is 0 Å². The lowest BCUT2D eigenvalue weighted by Gasteiger charge is -2.10. The number of hydrogen-bond donors (Lipinski definition) is 0. The van der Waals surface area contributed by atoms with Crippen LogP contribution in [0.4, 0.5) is 13.2 Å². The molecule has 1 aromatic carbocycles. The summed E-state index contributed by atoms with van der Waals surface area (Å²) in [5.41, 5.74) is -2.68. The quantitative estimate of drug-likeness (QED) is 0.559. The molecule has 0 fully saturated rings. The van der Waals surface area contributed by atoms with Crippen molar-refractivity contribution in [1.29, 1.82) is 0 Å². The first kappa shape index (κ1) is 13.7. The van der Waals surface area contributed by atoms with Gasteiger partial charge in [0.25, 0.3) is 0 Å². The molecule has 1 rings (SSSR count). The zero-order valence-corrected chi connectivity index (χ0v) is 10.3. The highest BCUT2D eigenvalue weighted by Crippen LogP contribution is 2.38. The van der Waals surface area contributed by atoms with Crippen LogP contribution in [0.3, 0.4) is 0 Å². The lowest BCUT2D eigenvalue weighted by atomic mass is 10.1. The molecule has 1 aromatic rings. The smallest absolute Gasteiger partial charge is 0.160 e. The molecular formula is C11H12ClF3S. The first-order chi connectivity index (χ1) is 7.42. The molecular weight excluding hydrogens is 257 g/mol. The van der Waals surface area contributed by atoms with Gasteiger partial charge in [-0.15, -0.1) is 11.6 Å². The molecule has 0 atom stereocenters. The average Bonchev–Trinajstić information content (AvgIpc) is 2.17. The Labute approximate surface area is 102 Å². The van der Waals surface area contributed by atoms with E-state index in [1.165, 1.54) is 0 Å². The third-order valence-electron chi connectivity index (χ3n) is 2.08. The van der Waals surface area contributed by atoms with E-state index in [1.54, 1.807) is 19.1 Å². The van der Waals surface area contributed by atoms with Crippen LogP contribution >= 0.6 is 23.4 Å². The van der Waals surface area contributed by atoms with E-state index in [4.69, 9.17) is 11.6 Å². The molecule has 5 heteroatoms. The highest BCUT2D eigenvalue weighted by Gasteiger charge is 2.29. The van der Waals surface area contributed by atoms with Crippen LogP contribution in [0.5, 0.6) is 0 Å². The summed E-state index contributed by atoms with van der Waals surface area (Å²) in [5, 5.41) is 0. The Morgan fingerprint density at radius 2 is 2.00 bits per heavy atom. The maximum absolute atomic E-state index is 12.2. The van der Waals surface area contributed by atoms with Crippen molar-refractivity contribution in [1.82, 2.24) is 0 Å². The Morgan fingerprint density at radius 1 is 1.31 bits per heavy atom. The standard InChI is InChI=1S/C11H12ClF3S/c1-8-4-5-9(3-2-6-12)7-10(8)16-11(13,14)15/h4-5,7H,2-3,6H2,1H3. The van der Waals surface area contributed by atoms with Gasteiger partial charge in [0.05, 0.1) is 0 Å². The summed E-state index contributed by atoms with van der Waals surface area (Å²) >= 11 is 5.49. The second-order valence-electron chi connectivity index (χ2n) is 3.44. The molecule has 0 spiro atoms. The van der Waals surface area contributed by atoms with E-state index in [0.29, 0.717) is 11.4 Å². The van der Waals surface area contributed by atoms with Crippen LogP contribution in [0, 0.1) is 6.92 Å². The van der Waals surface area contributed by atoms with Crippen molar-refractivity contribution >= 4 is 23.4 Å². The lowest BCUT2D eigenvalue weighted by molar-refractivity contribution is -0.0328. The second kappa shape index (κ2) is 5.82. The summed E-state index contributed by atoms with van der Waals surface area (Å²) in [7, 11) is 0. The summed E-state index contributed by atoms with van der Waals surface area (Å²) < 4.78 is 36.7. The average molecular weight is 269 g/mol. The van der Waals surface area contributed by atoms with E-state index in [1.807, 2.05) is 6.07 Å². The van der Waals surface area contributed by atoms with Crippen LogP contribution in [0.2, 0.25) is 0 Å². The van der Waals surface area contributed by atoms with Crippen molar-refractivity contribution < 1.29 is 13.2 Å². The first-order valence-corrected chi connectivity index (χ1v) is 6.19. The predicted octanol–water partition coefficient (Wildman–Crippen LogP) is 4.78. The van der Waals surface area contributed by atoms with Crippen LogP contribution in [0.15, 0.2) is 23.1 Å². The first-order valence-electron chi connectivity index (χ1n) is 4.83. The van der Waals surface area contributed by atoms with Gasteiger partial charge in [0, 0.05) is 10.8 Å². The van der Waals surface area contributed by atoms with Gasteiger partial charge in [-0.3, -0.25) is 0 Å². The maximum atomic E-state index is 12.2. The highest BCUT2D eigenvalue weighted by atomic mass is 35.5. The van der Waals surface area contributed by atoms with Crippen LogP contribution in [0.1, 0.15) is 17.5 Å². The van der Waals surface area contributed by atoms with Crippen LogP contribution in [-0.4, -0.2) is 11.4 Å². The largest absolute Gasteiger partial charge is 0.446 e. The van der Waals surface area contributed by atoms with Crippen molar-refractivity contribution in [3.8, 4) is 0 Å². The minimum Gasteiger partial charge on any atom is -0.160 e. The minimum absolute atomic E-state index is 0.0580. The third kappa shape index (κ3) is 4.66. The fourth-order valence-electron chi connectivity index (χ4n) is 1.31. The highest BCUT2D eigenvalue weighted by molar-refractivity contribution is 8.00. The van der Waals surface area contributed by atoms with Crippen molar-refractivity contribution in [2.75, 3.05) is 5.88 Å². The zero-order valence-electron chi connectivity index (χ0n) is 8.77. The number of alkyl halides is 4. The molecule has 0 N–H and O–H groups in total. The summed E-state index contributed by atoms with van der Waals surface area (Å²) in [5.74, 6) is 0.523. The van der Waals surface area contributed by atoms with Gasteiger partial charge in [0.15, 0.2) is 0 Å². The van der Waals surface area contributed by atoms with E-state index >= 15 is 0 Å². The number of aryl methyl sites for hydroxylation is 2. The maximum Gasteiger partial charge on any atom is 0.446 e. The monoisotopic (exact) mass is 268 g/mol. The van der Waals surface area contributed by atoms with Gasteiger partial charge < -0.3 is 0 Å². The predicted molar refractivity (Wildman–Crippen MR) is 62.1 cm³/mol. The fraction of sp³-hybridized carbons (Fsp3) is 0.455. The molecule has 0 unspecified atom stereocenters. The molecule has 16 heavy (non-hydrogen) atoms. The number of thioether (sulfide) groups is 1. The Bertz CT molecular complexity index is 350. The molecule has 0 radical (unpaired) electrons. The van der Waals surface area contributed by atoms with Gasteiger partial charge in [0.1, 0.15) is 0 Å². The second-order valence-corrected chi connectivity index (χ2v) is 4.93. The van der Waals surface area contributed by atoms with E-state index in [0.717, 1.165) is 18.4 Å². The summed E-state index contributed by atoms with van der Waals surface area (Å²) in [6.45, 7) is 1.68. The topological polar surface area (TPSA) is 0 Å². The van der Waals surface area contributed by atoms with Gasteiger partial charge in [-0.2, -0.15) is 13.2 Å². The van der Waals surface area contributed by atoms with Crippen molar-refractivity contribution in [2.24, 2.45) is 0 Å². The molecule has 0 aliphatic carbocycles. The molecule has 90 valence electrons. The van der Waals surface area contributed by atoms with Crippen LogP contribution < -0.4 is 0 Å². The van der Waals surface area contributed by atoms with Crippen molar-refractivity contribution in [2.45, 2.75) is 30.2 Å². The number of hydrogen-bond acceptors (Lipinski definition) is 1. The Morgan fingerprint density at radius 3 is 2.56 bits per heavy atom. The summed E-state index contributed by atoms with van der Waals surface area (Å²) in [4.78, 5) is 0.277. The molecule has 0 heterocycles. The summed E-state index contributed by atoms with van der Waals surface area (Å²) in [6, 6.07) is 5.17. The Kier molecular flexibility index (Phi) is 4.99. The molecule has 0 bridgehead atoms. The molecule has 0 saturated heterocycles. The van der Waals surface area contributed by atoms with E-state index in [9.17, 15) is 13.2 Å². The van der Waals surface area contributed by atoms with Gasteiger partial charge in [0.2, 0.25) is 0 Å². The molecule has 0 aromatic heterocycles. The van der Waals surface area contributed by atoms with Crippen molar-refractivity contribution in [3.05, 3.63) is 29.3 Å². The number of rotatable bonds is 4. The molecule has 0 aliphatic heterocycles. The zero-order chi connectivity index (χ0) is 12.2. The van der Waals surface area contributed by atoms with Gasteiger partial charge in [-0.05, 0) is 48.7 Å². The van der Waals surface area contributed by atoms with Gasteiger partial charge in [-0.1, -0.05) is 12.1 Å². The third-order valence-corrected chi connectivity index (χ3v) is 3.24. The van der Waals surface area contributed by atoms with E-state index in [-0.39, 0.29) is 16.7 Å². The molecule has 0 nitrogen and oxygen atoms in total. The SMILES string of the molecule is Cc1ccc(CCCCl)cc1SC(F)(F)F. The fourth-order valence-corrected chi connectivity index (χ4v) is 2.13. The van der Waals surface area contributed by atoms with Gasteiger partial charge >= 0.3 is 5.51 Å². The Balaban J connectivity index is 2.82. The normalized spacial score (nSPS) is 11.8. The minimum atomic E-state index is -4.23. The molecule has 0 aliphatic rings. The summed E-state index contributed by atoms with van der Waals surface area (Å²) in [6.07, 6.45) is 1.50. The molecule has 0 saturated carbocycles. The Hall–Kier alpha value is -0.350. The lowest BCUT2D eigenvalue weighted by Crippen LogP contribution is -2.00. The van der Waals surface area contributed by atoms with Crippen molar-refractivity contribution in [3.63, 3.8) is 0 Å².